The number of amides is 1. The number of carbonyl (C=O) groups is 7. The highest BCUT2D eigenvalue weighted by Gasteiger charge is 2.78. The van der Waals surface area contributed by atoms with Crippen LogP contribution in [0.4, 0.5) is 4.79 Å². The van der Waals surface area contributed by atoms with Crippen molar-refractivity contribution < 1.29 is 77.3 Å². The number of cyclic esters (lactones) is 1. The second-order valence-electron chi connectivity index (χ2n) is 17.6. The summed E-state index contributed by atoms with van der Waals surface area (Å²) in [6, 6.07) is -1.36. The minimum absolute atomic E-state index is 0.0615. The van der Waals surface area contributed by atoms with Gasteiger partial charge in [-0.15, -0.1) is 0 Å². The minimum atomic E-state index is -2.49. The Hall–Kier alpha value is -4.45. The molecule has 1 unspecified atom stereocenters. The van der Waals surface area contributed by atoms with E-state index in [0.717, 1.165) is 13.8 Å². The Balaban J connectivity index is 1.79. The van der Waals surface area contributed by atoms with E-state index < -0.39 is 119 Å². The Kier molecular flexibility index (Phi) is 13.1. The van der Waals surface area contributed by atoms with Gasteiger partial charge in [-0.25, -0.2) is 14.4 Å². The van der Waals surface area contributed by atoms with E-state index >= 15 is 4.79 Å². The summed E-state index contributed by atoms with van der Waals surface area (Å²) >= 11 is 0. The van der Waals surface area contributed by atoms with Crippen LogP contribution in [0.1, 0.15) is 94.4 Å². The highest BCUT2D eigenvalue weighted by atomic mass is 16.6. The molecule has 4 N–H and O–H groups in total. The lowest BCUT2D eigenvalue weighted by atomic mass is 9.44. The van der Waals surface area contributed by atoms with Crippen molar-refractivity contribution in [1.29, 1.82) is 0 Å². The van der Waals surface area contributed by atoms with Crippen LogP contribution in [0.25, 0.3) is 0 Å². The van der Waals surface area contributed by atoms with Gasteiger partial charge in [0.15, 0.2) is 23.6 Å². The van der Waals surface area contributed by atoms with Crippen LogP contribution in [0, 0.1) is 22.7 Å². The molecule has 0 aromatic heterocycles. The number of hydrogen-bond donors (Lipinski definition) is 4. The van der Waals surface area contributed by atoms with Crippen LogP contribution < -0.4 is 5.32 Å². The number of ether oxygens (including phenoxy) is 6. The molecule has 0 aromatic carbocycles. The third kappa shape index (κ3) is 8.22. The highest BCUT2D eigenvalue weighted by molar-refractivity contribution is 6.33. The molecule has 0 radical (unpaired) electrons. The summed E-state index contributed by atoms with van der Waals surface area (Å²) in [7, 11) is 0. The summed E-state index contributed by atoms with van der Waals surface area (Å²) in [5.41, 5.74) is -7.52. The Morgan fingerprint density at radius 1 is 0.983 bits per heavy atom. The van der Waals surface area contributed by atoms with E-state index in [-0.39, 0.29) is 43.1 Å². The minimum Gasteiger partial charge on any atom is -0.456 e. The predicted molar refractivity (Wildman–Crippen MR) is 204 cm³/mol. The quantitative estimate of drug-likeness (QED) is 0.138. The Morgan fingerprint density at radius 2 is 1.66 bits per heavy atom. The van der Waals surface area contributed by atoms with E-state index in [1.165, 1.54) is 33.8 Å². The number of rotatable bonds is 3. The largest absolute Gasteiger partial charge is 0.456 e. The van der Waals surface area contributed by atoms with Crippen LogP contribution in [0.3, 0.4) is 0 Å². The molecule has 2 aliphatic heterocycles. The van der Waals surface area contributed by atoms with Gasteiger partial charge in [0.25, 0.3) is 0 Å². The molecule has 2 heterocycles. The topological polar surface area (TPSA) is 248 Å². The molecular formula is C42H57NO16. The van der Waals surface area contributed by atoms with E-state index in [2.05, 4.69) is 5.32 Å². The van der Waals surface area contributed by atoms with Gasteiger partial charge in [0.05, 0.1) is 30.1 Å². The number of carbonyl (C=O) groups excluding carboxylic acids is 7. The molecule has 59 heavy (non-hydrogen) atoms. The number of alkyl carbamates (subject to hydrolysis) is 1. The van der Waals surface area contributed by atoms with Gasteiger partial charge in [0, 0.05) is 38.5 Å². The molecule has 2 saturated carbocycles. The van der Waals surface area contributed by atoms with Gasteiger partial charge in [-0.2, -0.15) is 0 Å². The second-order valence-corrected chi connectivity index (χ2v) is 17.6. The number of nitrogens with one attached hydrogen (secondary N) is 1. The maximum absolute atomic E-state index is 15.4. The summed E-state index contributed by atoms with van der Waals surface area (Å²) in [5, 5.41) is 39.3. The van der Waals surface area contributed by atoms with Crippen LogP contribution in [-0.4, -0.2) is 124 Å². The van der Waals surface area contributed by atoms with Crippen molar-refractivity contribution in [3.05, 3.63) is 34.9 Å². The zero-order valence-electron chi connectivity index (χ0n) is 35.0. The third-order valence-corrected chi connectivity index (χ3v) is 12.9. The molecule has 0 spiro atoms. The van der Waals surface area contributed by atoms with E-state index in [4.69, 9.17) is 28.4 Å². The molecular weight excluding hydrogens is 774 g/mol. The fraction of sp³-hybridized carbons (Fsp3) is 0.690. The lowest BCUT2D eigenvalue weighted by Crippen LogP contribution is -2.82. The van der Waals surface area contributed by atoms with Gasteiger partial charge in [0.2, 0.25) is 5.78 Å². The number of esters is 4. The van der Waals surface area contributed by atoms with Crippen LogP contribution in [-0.2, 0) is 57.2 Å². The molecule has 12 atom stereocenters. The first-order chi connectivity index (χ1) is 27.4. The average molecular weight is 832 g/mol. The van der Waals surface area contributed by atoms with Crippen molar-refractivity contribution >= 4 is 41.5 Å². The number of aliphatic hydroxyl groups is 3. The zero-order chi connectivity index (χ0) is 44.0. The van der Waals surface area contributed by atoms with Crippen molar-refractivity contribution in [2.24, 2.45) is 22.7 Å². The summed E-state index contributed by atoms with van der Waals surface area (Å²) in [4.78, 5) is 95.7. The maximum atomic E-state index is 15.4. The van der Waals surface area contributed by atoms with E-state index in [1.54, 1.807) is 32.9 Å². The third-order valence-electron chi connectivity index (χ3n) is 12.9. The molecule has 1 amide bonds. The van der Waals surface area contributed by atoms with E-state index in [9.17, 15) is 44.1 Å². The van der Waals surface area contributed by atoms with Crippen molar-refractivity contribution in [2.45, 2.75) is 148 Å². The molecule has 3 aliphatic carbocycles. The van der Waals surface area contributed by atoms with Crippen LogP contribution in [0.15, 0.2) is 34.9 Å². The fourth-order valence-corrected chi connectivity index (χ4v) is 9.74. The lowest BCUT2D eigenvalue weighted by Gasteiger charge is -2.67. The molecule has 1 saturated heterocycles. The van der Waals surface area contributed by atoms with Crippen LogP contribution >= 0.6 is 0 Å². The summed E-state index contributed by atoms with van der Waals surface area (Å²) in [6.07, 6.45) is -6.66. The van der Waals surface area contributed by atoms with Crippen molar-refractivity contribution in [3.63, 3.8) is 0 Å². The number of fused-ring (bicyclic) bond motifs is 6. The van der Waals surface area contributed by atoms with Gasteiger partial charge in [0.1, 0.15) is 30.5 Å². The summed E-state index contributed by atoms with van der Waals surface area (Å²) < 4.78 is 34.9. The predicted octanol–water partition coefficient (Wildman–Crippen LogP) is 2.26. The fourth-order valence-electron chi connectivity index (χ4n) is 9.74. The number of allylic oxidation sites excluding steroid dienone is 2. The smallest absolute Gasteiger partial charge is 0.408 e. The first-order valence-electron chi connectivity index (χ1n) is 19.9. The Morgan fingerprint density at radius 3 is 2.25 bits per heavy atom. The van der Waals surface area contributed by atoms with Crippen molar-refractivity contribution in [2.75, 3.05) is 13.2 Å². The summed E-state index contributed by atoms with van der Waals surface area (Å²) in [6.45, 7) is 12.5. The number of aliphatic hydroxyl groups excluding tert-OH is 2. The first kappa shape index (κ1) is 45.6. The second kappa shape index (κ2) is 16.9. The number of hydrogen-bond acceptors (Lipinski definition) is 16. The monoisotopic (exact) mass is 831 g/mol. The lowest BCUT2D eigenvalue weighted by molar-refractivity contribution is -0.347. The average Bonchev–Trinajstić information content (AvgIpc) is 3.12. The van der Waals surface area contributed by atoms with Crippen molar-refractivity contribution in [1.82, 2.24) is 5.32 Å². The van der Waals surface area contributed by atoms with E-state index in [0.29, 0.717) is 18.4 Å². The van der Waals surface area contributed by atoms with Crippen LogP contribution in [0.5, 0.6) is 0 Å². The SMILES string of the molecule is CC(=O)O[C@H]1C(=O)[C@@]2(C)[C@H]([C@@H]3OC(=O)C(=O)C[C@H](C)CC/C=C\COC(=O)NC(C=C(C)C)[C@@H](O)C(=O)O[C@H]4C[C@]3(O)C(C)(C)C1=C4C)[C@]1(OC(C)=O)CO[C@@H]1C[C@@H]2O. The molecule has 17 heteroatoms. The zero-order valence-corrected chi connectivity index (χ0v) is 35.0. The molecule has 5 aliphatic rings. The molecule has 326 valence electrons. The highest BCUT2D eigenvalue weighted by Crippen LogP contribution is 2.64. The Labute approximate surface area is 342 Å². The standard InChI is InChI=1S/C42H57NO16/c1-20(2)15-25-31(48)37(51)57-27-18-42(53)35(58-36(50)26(46)16-21(3)13-11-10-12-14-54-38(52)43-25)33-40(9,28(47)17-29-41(33,19-55-29)59-24(6)45)34(49)32(56-23(5)44)30(22(27)4)39(42,7)8/h10,12,15,21,25,27-29,31-33,35,47-48,53H,11,13-14,16-19H2,1-9H3,(H,43,52)/b12-10-/t21-,25?,27+,28+,29-,31-,32-,33+,35+,40-,41+,42-/m1/s1. The normalized spacial score (nSPS) is 39.7. The molecule has 3 bridgehead atoms. The molecule has 5 rings (SSSR count). The van der Waals surface area contributed by atoms with Gasteiger partial charge >= 0.3 is 30.0 Å². The Bertz CT molecular complexity index is 1850. The van der Waals surface area contributed by atoms with Crippen LogP contribution in [0.2, 0.25) is 0 Å². The first-order valence-corrected chi connectivity index (χ1v) is 19.9. The van der Waals surface area contributed by atoms with Gasteiger partial charge in [-0.05, 0) is 57.6 Å². The molecule has 0 aromatic rings. The molecule has 17 nitrogen and oxygen atoms in total. The number of ketones is 2. The maximum Gasteiger partial charge on any atom is 0.408 e. The molecule has 3 fully saturated rings. The van der Waals surface area contributed by atoms with Gasteiger partial charge in [-0.3, -0.25) is 19.2 Å². The van der Waals surface area contributed by atoms with Crippen molar-refractivity contribution in [3.8, 4) is 0 Å². The van der Waals surface area contributed by atoms with E-state index in [1.807, 2.05) is 0 Å². The summed E-state index contributed by atoms with van der Waals surface area (Å²) in [5.74, 6) is -8.31. The van der Waals surface area contributed by atoms with Gasteiger partial charge < -0.3 is 49.1 Å². The number of Topliss-reactive ketones (excluding diaryl/α,β-unsaturated/α-hetero) is 2. The van der Waals surface area contributed by atoms with Gasteiger partial charge in [-0.1, -0.05) is 44.6 Å².